The monoisotopic (exact) mass is 375 g/mol. The molecule has 1 aromatic heterocycles. The zero-order valence-corrected chi connectivity index (χ0v) is 13.8. The Kier molecular flexibility index (Phi) is 4.31. The number of nitrogens with zero attached hydrogens (tertiary/aromatic N) is 2. The molecule has 0 radical (unpaired) electrons. The van der Waals surface area contributed by atoms with E-state index < -0.39 is 10.0 Å². The fraction of sp³-hybridized carbons (Fsp3) is 0.167. The Balaban J connectivity index is 2.43. The number of rotatable bonds is 3. The van der Waals surface area contributed by atoms with Gasteiger partial charge in [0.15, 0.2) is 0 Å². The van der Waals surface area contributed by atoms with Gasteiger partial charge in [0.05, 0.1) is 4.90 Å². The largest absolute Gasteiger partial charge is 0.264 e. The maximum atomic E-state index is 12.3. The number of hydrogen-bond acceptors (Lipinski definition) is 4. The van der Waals surface area contributed by atoms with E-state index in [-0.39, 0.29) is 16.0 Å². The maximum Gasteiger partial charge on any atom is 0.264 e. The third-order valence-electron chi connectivity index (χ3n) is 2.49. The molecule has 106 valence electrons. The predicted molar refractivity (Wildman–Crippen MR) is 81.5 cm³/mol. The van der Waals surface area contributed by atoms with Crippen LogP contribution in [0.4, 0.5) is 5.95 Å². The second-order valence-corrected chi connectivity index (χ2v) is 7.12. The fourth-order valence-electron chi connectivity index (χ4n) is 1.61. The number of sulfonamides is 1. The first-order chi connectivity index (χ1) is 9.28. The number of aromatic nitrogens is 2. The van der Waals surface area contributed by atoms with E-state index in [1.54, 1.807) is 32.0 Å². The predicted octanol–water partition coefficient (Wildman–Crippen LogP) is 3.31. The molecule has 0 saturated carbocycles. The molecule has 0 aliphatic heterocycles. The summed E-state index contributed by atoms with van der Waals surface area (Å²) in [5.41, 5.74) is 1.20. The van der Waals surface area contributed by atoms with E-state index in [0.717, 1.165) is 0 Å². The van der Waals surface area contributed by atoms with E-state index in [1.807, 2.05) is 0 Å². The fourth-order valence-corrected chi connectivity index (χ4v) is 3.58. The van der Waals surface area contributed by atoms with Crippen LogP contribution >= 0.6 is 27.5 Å². The molecule has 1 heterocycles. The molecule has 2 aromatic rings. The minimum Gasteiger partial charge on any atom is -0.247 e. The molecule has 0 aliphatic carbocycles. The Labute approximate surface area is 130 Å². The van der Waals surface area contributed by atoms with E-state index in [9.17, 15) is 8.42 Å². The third kappa shape index (κ3) is 3.47. The Morgan fingerprint density at radius 1 is 1.20 bits per heavy atom. The Bertz CT molecular complexity index is 745. The molecular weight excluding hydrogens is 366 g/mol. The highest BCUT2D eigenvalue weighted by molar-refractivity contribution is 9.10. The Morgan fingerprint density at radius 3 is 2.55 bits per heavy atom. The first-order valence-corrected chi connectivity index (χ1v) is 8.23. The van der Waals surface area contributed by atoms with Crippen LogP contribution in [0.2, 0.25) is 5.15 Å². The number of benzene rings is 1. The highest BCUT2D eigenvalue weighted by Crippen LogP contribution is 2.22. The lowest BCUT2D eigenvalue weighted by Crippen LogP contribution is -2.16. The molecule has 0 atom stereocenters. The first-order valence-electron chi connectivity index (χ1n) is 5.58. The molecule has 0 fully saturated rings. The Morgan fingerprint density at radius 2 is 1.90 bits per heavy atom. The van der Waals surface area contributed by atoms with Gasteiger partial charge >= 0.3 is 0 Å². The standard InChI is InChI=1S/C12H11BrClN3O2S/c1-7-3-4-9(13)6-10(7)20(18,19)17-12-15-8(2)5-11(14)16-12/h3-6H,1-2H3,(H,15,16,17). The van der Waals surface area contributed by atoms with Crippen molar-refractivity contribution in [3.8, 4) is 0 Å². The molecule has 20 heavy (non-hydrogen) atoms. The van der Waals surface area contributed by atoms with Crippen molar-refractivity contribution >= 4 is 43.5 Å². The molecule has 0 spiro atoms. The van der Waals surface area contributed by atoms with Crippen LogP contribution in [0.5, 0.6) is 0 Å². The van der Waals surface area contributed by atoms with Crippen LogP contribution in [0.1, 0.15) is 11.3 Å². The molecular formula is C12H11BrClN3O2S. The summed E-state index contributed by atoms with van der Waals surface area (Å²) in [4.78, 5) is 8.01. The SMILES string of the molecule is Cc1cc(Cl)nc(NS(=O)(=O)c2cc(Br)ccc2C)n1. The van der Waals surface area contributed by atoms with Gasteiger partial charge in [0.25, 0.3) is 10.0 Å². The highest BCUT2D eigenvalue weighted by atomic mass is 79.9. The van der Waals surface area contributed by atoms with Gasteiger partial charge in [-0.2, -0.15) is 0 Å². The second kappa shape index (κ2) is 5.67. The van der Waals surface area contributed by atoms with Gasteiger partial charge in [-0.3, -0.25) is 0 Å². The lowest BCUT2D eigenvalue weighted by atomic mass is 10.2. The molecule has 0 amide bonds. The van der Waals surface area contributed by atoms with Crippen LogP contribution in [-0.2, 0) is 10.0 Å². The van der Waals surface area contributed by atoms with E-state index in [1.165, 1.54) is 6.07 Å². The van der Waals surface area contributed by atoms with Crippen molar-refractivity contribution in [2.45, 2.75) is 18.7 Å². The van der Waals surface area contributed by atoms with E-state index in [0.29, 0.717) is 15.7 Å². The molecule has 0 unspecified atom stereocenters. The van der Waals surface area contributed by atoms with Crippen LogP contribution < -0.4 is 4.72 Å². The first kappa shape index (κ1) is 15.2. The summed E-state index contributed by atoms with van der Waals surface area (Å²) in [5, 5.41) is 0.182. The van der Waals surface area contributed by atoms with Gasteiger partial charge in [0, 0.05) is 10.2 Å². The zero-order valence-electron chi connectivity index (χ0n) is 10.7. The molecule has 1 N–H and O–H groups in total. The molecule has 5 nitrogen and oxygen atoms in total. The summed E-state index contributed by atoms with van der Waals surface area (Å²) in [6, 6.07) is 6.55. The van der Waals surface area contributed by atoms with E-state index in [2.05, 4.69) is 30.6 Å². The van der Waals surface area contributed by atoms with E-state index >= 15 is 0 Å². The molecule has 8 heteroatoms. The lowest BCUT2D eigenvalue weighted by Gasteiger charge is -2.10. The van der Waals surface area contributed by atoms with Crippen molar-refractivity contribution in [2.75, 3.05) is 4.72 Å². The van der Waals surface area contributed by atoms with Crippen LogP contribution in [0, 0.1) is 13.8 Å². The number of anilines is 1. The topological polar surface area (TPSA) is 72.0 Å². The van der Waals surface area contributed by atoms with E-state index in [4.69, 9.17) is 11.6 Å². The maximum absolute atomic E-state index is 12.3. The van der Waals surface area contributed by atoms with Crippen LogP contribution in [0.25, 0.3) is 0 Å². The molecule has 1 aromatic carbocycles. The number of nitrogens with one attached hydrogen (secondary N) is 1. The van der Waals surface area contributed by atoms with Crippen molar-refractivity contribution in [1.82, 2.24) is 9.97 Å². The van der Waals surface area contributed by atoms with Crippen molar-refractivity contribution in [2.24, 2.45) is 0 Å². The normalized spacial score (nSPS) is 11.4. The van der Waals surface area contributed by atoms with Gasteiger partial charge in [0.1, 0.15) is 5.15 Å². The molecule has 0 saturated heterocycles. The van der Waals surface area contributed by atoms with Crippen LogP contribution in [0.3, 0.4) is 0 Å². The molecule has 0 bridgehead atoms. The van der Waals surface area contributed by atoms with Gasteiger partial charge < -0.3 is 0 Å². The van der Waals surface area contributed by atoms with Gasteiger partial charge in [-0.15, -0.1) is 0 Å². The van der Waals surface area contributed by atoms with Crippen LogP contribution in [-0.4, -0.2) is 18.4 Å². The van der Waals surface area contributed by atoms with Gasteiger partial charge in [-0.25, -0.2) is 23.1 Å². The quantitative estimate of drug-likeness (QED) is 0.834. The van der Waals surface area contributed by atoms with Gasteiger partial charge in [-0.1, -0.05) is 33.6 Å². The molecule has 0 aliphatic rings. The van der Waals surface area contributed by atoms with Crippen molar-refractivity contribution < 1.29 is 8.42 Å². The van der Waals surface area contributed by atoms with Gasteiger partial charge in [-0.05, 0) is 37.6 Å². The van der Waals surface area contributed by atoms with Gasteiger partial charge in [0.2, 0.25) is 5.95 Å². The summed E-state index contributed by atoms with van der Waals surface area (Å²) in [7, 11) is -3.76. The van der Waals surface area contributed by atoms with Crippen LogP contribution in [0.15, 0.2) is 33.6 Å². The average Bonchev–Trinajstić information content (AvgIpc) is 2.30. The summed E-state index contributed by atoms with van der Waals surface area (Å²) < 4.78 is 27.7. The minimum absolute atomic E-state index is 0.0469. The highest BCUT2D eigenvalue weighted by Gasteiger charge is 2.19. The average molecular weight is 377 g/mol. The minimum atomic E-state index is -3.76. The number of aryl methyl sites for hydroxylation is 2. The number of hydrogen-bond donors (Lipinski definition) is 1. The van der Waals surface area contributed by atoms with Crippen molar-refractivity contribution in [3.63, 3.8) is 0 Å². The summed E-state index contributed by atoms with van der Waals surface area (Å²) in [6.07, 6.45) is 0. The van der Waals surface area contributed by atoms with Crippen molar-refractivity contribution in [1.29, 1.82) is 0 Å². The lowest BCUT2D eigenvalue weighted by molar-refractivity contribution is 0.600. The summed E-state index contributed by atoms with van der Waals surface area (Å²) in [6.45, 7) is 3.42. The molecule has 2 rings (SSSR count). The smallest absolute Gasteiger partial charge is 0.247 e. The number of halogens is 2. The summed E-state index contributed by atoms with van der Waals surface area (Å²) in [5.74, 6) is -0.0469. The third-order valence-corrected chi connectivity index (χ3v) is 4.65. The van der Waals surface area contributed by atoms with Crippen molar-refractivity contribution in [3.05, 3.63) is 45.1 Å². The second-order valence-electron chi connectivity index (χ2n) is 4.17. The zero-order chi connectivity index (χ0) is 14.9. The summed E-state index contributed by atoms with van der Waals surface area (Å²) >= 11 is 9.04. The Hall–Kier alpha value is -1.18.